The van der Waals surface area contributed by atoms with Gasteiger partial charge in [-0.25, -0.2) is 9.37 Å². The van der Waals surface area contributed by atoms with Gasteiger partial charge in [0.05, 0.1) is 6.61 Å². The minimum absolute atomic E-state index is 0.253. The largest absolute Gasteiger partial charge is 0.493 e. The summed E-state index contributed by atoms with van der Waals surface area (Å²) in [5.74, 6) is 1.29. The predicted octanol–water partition coefficient (Wildman–Crippen LogP) is 2.43. The molecule has 112 valence electrons. The fraction of sp³-hybridized carbons (Fsp3) is 0.438. The molecule has 3 rings (SSSR count). The summed E-state index contributed by atoms with van der Waals surface area (Å²) in [7, 11) is 1.95. The minimum atomic E-state index is -0.253. The fourth-order valence-corrected chi connectivity index (χ4v) is 2.25. The number of aryl methyl sites for hydroxylation is 1. The third-order valence-corrected chi connectivity index (χ3v) is 3.62. The summed E-state index contributed by atoms with van der Waals surface area (Å²) in [5, 5.41) is 3.38. The van der Waals surface area contributed by atoms with Crippen LogP contribution in [0.2, 0.25) is 0 Å². The zero-order valence-electron chi connectivity index (χ0n) is 12.2. The summed E-state index contributed by atoms with van der Waals surface area (Å²) in [5.41, 5.74) is 0.925. The highest BCUT2D eigenvalue weighted by molar-refractivity contribution is 5.29. The SMILES string of the molecule is Cn1ccnc1CCOc1cc(F)cc(CNC2CC2)c1. The maximum Gasteiger partial charge on any atom is 0.127 e. The Balaban J connectivity index is 1.55. The summed E-state index contributed by atoms with van der Waals surface area (Å²) in [6.07, 6.45) is 6.82. The molecule has 1 aliphatic carbocycles. The Kier molecular flexibility index (Phi) is 4.20. The standard InChI is InChI=1S/C16H20FN3O/c1-20-6-5-18-16(20)4-7-21-15-9-12(8-13(17)10-15)11-19-14-2-3-14/h5-6,8-10,14,19H,2-4,7,11H2,1H3. The van der Waals surface area contributed by atoms with Crippen LogP contribution in [0.3, 0.4) is 0 Å². The van der Waals surface area contributed by atoms with Crippen LogP contribution in [0.4, 0.5) is 4.39 Å². The van der Waals surface area contributed by atoms with E-state index < -0.39 is 0 Å². The Hall–Kier alpha value is -1.88. The van der Waals surface area contributed by atoms with Gasteiger partial charge in [0.2, 0.25) is 0 Å². The number of halogens is 1. The van der Waals surface area contributed by atoms with Crippen LogP contribution >= 0.6 is 0 Å². The second-order valence-electron chi connectivity index (χ2n) is 5.50. The van der Waals surface area contributed by atoms with E-state index in [2.05, 4.69) is 10.3 Å². The monoisotopic (exact) mass is 289 g/mol. The van der Waals surface area contributed by atoms with Crippen LogP contribution in [0.1, 0.15) is 24.2 Å². The van der Waals surface area contributed by atoms with Gasteiger partial charge in [0.1, 0.15) is 17.4 Å². The lowest BCUT2D eigenvalue weighted by Gasteiger charge is -2.09. The highest BCUT2D eigenvalue weighted by Gasteiger charge is 2.20. The highest BCUT2D eigenvalue weighted by atomic mass is 19.1. The van der Waals surface area contributed by atoms with Crippen molar-refractivity contribution in [3.63, 3.8) is 0 Å². The van der Waals surface area contributed by atoms with Crippen molar-refractivity contribution in [1.82, 2.24) is 14.9 Å². The number of nitrogens with one attached hydrogen (secondary N) is 1. The minimum Gasteiger partial charge on any atom is -0.493 e. The number of nitrogens with zero attached hydrogens (tertiary/aromatic N) is 2. The number of rotatable bonds is 7. The van der Waals surface area contributed by atoms with Crippen molar-refractivity contribution < 1.29 is 9.13 Å². The Bertz CT molecular complexity index is 607. The predicted molar refractivity (Wildman–Crippen MR) is 78.7 cm³/mol. The van der Waals surface area contributed by atoms with E-state index in [1.165, 1.54) is 18.9 Å². The van der Waals surface area contributed by atoms with E-state index in [0.29, 0.717) is 31.4 Å². The van der Waals surface area contributed by atoms with Gasteiger partial charge in [-0.1, -0.05) is 0 Å². The number of ether oxygens (including phenoxy) is 1. The molecular weight excluding hydrogens is 269 g/mol. The van der Waals surface area contributed by atoms with Gasteiger partial charge in [0, 0.05) is 44.5 Å². The van der Waals surface area contributed by atoms with E-state index >= 15 is 0 Å². The van der Waals surface area contributed by atoms with Crippen molar-refractivity contribution in [2.75, 3.05) is 6.61 Å². The molecule has 0 aliphatic heterocycles. The molecule has 1 aliphatic rings. The third kappa shape index (κ3) is 4.04. The molecule has 4 nitrogen and oxygen atoms in total. The van der Waals surface area contributed by atoms with Crippen molar-refractivity contribution in [2.45, 2.75) is 31.8 Å². The Morgan fingerprint density at radius 3 is 2.95 bits per heavy atom. The van der Waals surface area contributed by atoms with Crippen LogP contribution in [0.15, 0.2) is 30.6 Å². The summed E-state index contributed by atoms with van der Waals surface area (Å²) in [4.78, 5) is 4.24. The Morgan fingerprint density at radius 1 is 1.38 bits per heavy atom. The molecule has 0 atom stereocenters. The Labute approximate surface area is 124 Å². The quantitative estimate of drug-likeness (QED) is 0.851. The summed E-state index contributed by atoms with van der Waals surface area (Å²) in [6.45, 7) is 1.18. The lowest BCUT2D eigenvalue weighted by atomic mass is 10.2. The van der Waals surface area contributed by atoms with Crippen LogP contribution in [-0.2, 0) is 20.0 Å². The molecular formula is C16H20FN3O. The molecule has 2 aromatic rings. The van der Waals surface area contributed by atoms with E-state index in [1.807, 2.05) is 23.9 Å². The Morgan fingerprint density at radius 2 is 2.24 bits per heavy atom. The normalized spacial score (nSPS) is 14.4. The van der Waals surface area contributed by atoms with Gasteiger partial charge < -0.3 is 14.6 Å². The molecule has 0 amide bonds. The van der Waals surface area contributed by atoms with E-state index in [4.69, 9.17) is 4.74 Å². The second-order valence-corrected chi connectivity index (χ2v) is 5.50. The molecule has 0 unspecified atom stereocenters. The first-order chi connectivity index (χ1) is 10.2. The number of benzene rings is 1. The first-order valence-electron chi connectivity index (χ1n) is 7.32. The van der Waals surface area contributed by atoms with E-state index in [9.17, 15) is 4.39 Å². The van der Waals surface area contributed by atoms with Crippen molar-refractivity contribution >= 4 is 0 Å². The van der Waals surface area contributed by atoms with Gasteiger partial charge in [-0.15, -0.1) is 0 Å². The number of hydrogen-bond donors (Lipinski definition) is 1. The van der Waals surface area contributed by atoms with Gasteiger partial charge in [-0.05, 0) is 30.5 Å². The lowest BCUT2D eigenvalue weighted by molar-refractivity contribution is 0.315. The molecule has 1 heterocycles. The maximum atomic E-state index is 13.6. The molecule has 21 heavy (non-hydrogen) atoms. The van der Waals surface area contributed by atoms with E-state index in [1.54, 1.807) is 12.3 Å². The molecule has 1 aromatic heterocycles. The van der Waals surface area contributed by atoms with Gasteiger partial charge in [-0.2, -0.15) is 0 Å². The van der Waals surface area contributed by atoms with Crippen LogP contribution in [0.25, 0.3) is 0 Å². The zero-order valence-corrected chi connectivity index (χ0v) is 12.2. The summed E-state index contributed by atoms with van der Waals surface area (Å²) < 4.78 is 21.2. The average molecular weight is 289 g/mol. The molecule has 0 saturated heterocycles. The number of imidazole rings is 1. The molecule has 1 saturated carbocycles. The van der Waals surface area contributed by atoms with Gasteiger partial charge in [0.15, 0.2) is 0 Å². The van der Waals surface area contributed by atoms with Gasteiger partial charge in [-0.3, -0.25) is 0 Å². The van der Waals surface area contributed by atoms with Crippen LogP contribution in [0.5, 0.6) is 5.75 Å². The van der Waals surface area contributed by atoms with Crippen LogP contribution in [-0.4, -0.2) is 22.2 Å². The van der Waals surface area contributed by atoms with Crippen molar-refractivity contribution in [3.8, 4) is 5.75 Å². The molecule has 0 radical (unpaired) electrons. The van der Waals surface area contributed by atoms with Crippen molar-refractivity contribution in [3.05, 3.63) is 47.8 Å². The van der Waals surface area contributed by atoms with Crippen LogP contribution in [0, 0.1) is 5.82 Å². The fourth-order valence-electron chi connectivity index (χ4n) is 2.25. The van der Waals surface area contributed by atoms with Gasteiger partial charge in [0.25, 0.3) is 0 Å². The first-order valence-corrected chi connectivity index (χ1v) is 7.32. The van der Waals surface area contributed by atoms with E-state index in [0.717, 1.165) is 11.4 Å². The molecule has 1 aromatic carbocycles. The first kappa shape index (κ1) is 14.1. The zero-order chi connectivity index (χ0) is 14.7. The number of hydrogen-bond acceptors (Lipinski definition) is 3. The molecule has 0 bridgehead atoms. The molecule has 5 heteroatoms. The molecule has 1 fully saturated rings. The third-order valence-electron chi connectivity index (χ3n) is 3.62. The molecule has 0 spiro atoms. The summed E-state index contributed by atoms with van der Waals surface area (Å²) >= 11 is 0. The van der Waals surface area contributed by atoms with Gasteiger partial charge >= 0.3 is 0 Å². The smallest absolute Gasteiger partial charge is 0.127 e. The molecule has 1 N–H and O–H groups in total. The second kappa shape index (κ2) is 6.26. The van der Waals surface area contributed by atoms with Crippen molar-refractivity contribution in [1.29, 1.82) is 0 Å². The van der Waals surface area contributed by atoms with E-state index in [-0.39, 0.29) is 5.82 Å². The number of aromatic nitrogens is 2. The van der Waals surface area contributed by atoms with Crippen molar-refractivity contribution in [2.24, 2.45) is 7.05 Å². The summed E-state index contributed by atoms with van der Waals surface area (Å²) in [6, 6.07) is 5.50. The highest BCUT2D eigenvalue weighted by Crippen LogP contribution is 2.21. The van der Waals surface area contributed by atoms with Crippen LogP contribution < -0.4 is 10.1 Å². The lowest BCUT2D eigenvalue weighted by Crippen LogP contribution is -2.15. The topological polar surface area (TPSA) is 39.1 Å². The average Bonchev–Trinajstić information content (AvgIpc) is 3.19. The maximum absolute atomic E-state index is 13.6.